The lowest BCUT2D eigenvalue weighted by Gasteiger charge is -2.31. The van der Waals surface area contributed by atoms with E-state index in [-0.39, 0.29) is 24.0 Å². The SMILES string of the molecule is Cc1cccc(CN(C(=O)COc2ccc(Cl)c(C)c2)[C@@H](C)C(=O)NC(C)(C)C)c1. The molecule has 30 heavy (non-hydrogen) atoms. The molecule has 0 aliphatic carbocycles. The molecule has 0 heterocycles. The van der Waals surface area contributed by atoms with E-state index >= 15 is 0 Å². The Bertz CT molecular complexity index is 906. The van der Waals surface area contributed by atoms with Crippen LogP contribution in [0, 0.1) is 13.8 Å². The van der Waals surface area contributed by atoms with E-state index in [2.05, 4.69) is 5.32 Å². The summed E-state index contributed by atoms with van der Waals surface area (Å²) in [4.78, 5) is 27.4. The maximum absolute atomic E-state index is 13.1. The Morgan fingerprint density at radius 2 is 1.83 bits per heavy atom. The van der Waals surface area contributed by atoms with Gasteiger partial charge in [-0.3, -0.25) is 9.59 Å². The highest BCUT2D eigenvalue weighted by Gasteiger charge is 2.28. The van der Waals surface area contributed by atoms with Gasteiger partial charge in [-0.25, -0.2) is 0 Å². The number of nitrogens with zero attached hydrogens (tertiary/aromatic N) is 1. The fourth-order valence-corrected chi connectivity index (χ4v) is 3.12. The Morgan fingerprint density at radius 1 is 1.13 bits per heavy atom. The Morgan fingerprint density at radius 3 is 2.43 bits per heavy atom. The second-order valence-electron chi connectivity index (χ2n) is 8.63. The minimum Gasteiger partial charge on any atom is -0.484 e. The predicted octanol–water partition coefficient (Wildman–Crippen LogP) is 4.67. The van der Waals surface area contributed by atoms with Crippen molar-refractivity contribution in [3.63, 3.8) is 0 Å². The van der Waals surface area contributed by atoms with Crippen LogP contribution in [-0.2, 0) is 16.1 Å². The number of hydrogen-bond acceptors (Lipinski definition) is 3. The molecule has 2 rings (SSSR count). The van der Waals surface area contributed by atoms with E-state index in [9.17, 15) is 9.59 Å². The lowest BCUT2D eigenvalue weighted by atomic mass is 10.1. The first-order valence-electron chi connectivity index (χ1n) is 10.0. The third kappa shape index (κ3) is 7.06. The van der Waals surface area contributed by atoms with E-state index in [1.807, 2.05) is 58.9 Å². The van der Waals surface area contributed by atoms with Crippen molar-refractivity contribution in [3.8, 4) is 5.75 Å². The van der Waals surface area contributed by atoms with Crippen LogP contribution in [0.25, 0.3) is 0 Å². The lowest BCUT2D eigenvalue weighted by Crippen LogP contribution is -2.53. The van der Waals surface area contributed by atoms with Crippen molar-refractivity contribution < 1.29 is 14.3 Å². The molecule has 0 fully saturated rings. The molecule has 6 heteroatoms. The quantitative estimate of drug-likeness (QED) is 0.694. The molecule has 1 atom stereocenters. The van der Waals surface area contributed by atoms with Crippen LogP contribution in [0.3, 0.4) is 0 Å². The van der Waals surface area contributed by atoms with Crippen molar-refractivity contribution in [2.75, 3.05) is 6.61 Å². The Kier molecular flexibility index (Phi) is 7.90. The molecule has 2 aromatic carbocycles. The number of benzene rings is 2. The van der Waals surface area contributed by atoms with Crippen LogP contribution in [0.2, 0.25) is 5.02 Å². The number of carbonyl (C=O) groups excluding carboxylic acids is 2. The molecule has 0 saturated heterocycles. The zero-order valence-electron chi connectivity index (χ0n) is 18.6. The van der Waals surface area contributed by atoms with Gasteiger partial charge in [0.1, 0.15) is 11.8 Å². The van der Waals surface area contributed by atoms with E-state index in [1.165, 1.54) is 0 Å². The van der Waals surface area contributed by atoms with Gasteiger partial charge in [-0.15, -0.1) is 0 Å². The smallest absolute Gasteiger partial charge is 0.261 e. The second-order valence-corrected chi connectivity index (χ2v) is 9.03. The molecular formula is C24H31ClN2O3. The van der Waals surface area contributed by atoms with Gasteiger partial charge in [0.25, 0.3) is 5.91 Å². The number of ether oxygens (including phenoxy) is 1. The number of nitrogens with one attached hydrogen (secondary N) is 1. The fraction of sp³-hybridized carbons (Fsp3) is 0.417. The van der Waals surface area contributed by atoms with Crippen LogP contribution in [-0.4, -0.2) is 34.9 Å². The van der Waals surface area contributed by atoms with Crippen LogP contribution >= 0.6 is 11.6 Å². The van der Waals surface area contributed by atoms with Crippen molar-refractivity contribution in [3.05, 3.63) is 64.2 Å². The van der Waals surface area contributed by atoms with E-state index in [0.29, 0.717) is 17.3 Å². The number of rotatable bonds is 7. The number of carbonyl (C=O) groups is 2. The first-order chi connectivity index (χ1) is 14.0. The summed E-state index contributed by atoms with van der Waals surface area (Å²) >= 11 is 6.05. The Hall–Kier alpha value is -2.53. The largest absolute Gasteiger partial charge is 0.484 e. The summed E-state index contributed by atoms with van der Waals surface area (Å²) in [5.41, 5.74) is 2.54. The van der Waals surface area contributed by atoms with E-state index in [0.717, 1.165) is 16.7 Å². The van der Waals surface area contributed by atoms with E-state index < -0.39 is 6.04 Å². The lowest BCUT2D eigenvalue weighted by molar-refractivity contribution is -0.142. The molecule has 0 spiro atoms. The van der Waals surface area contributed by atoms with Gasteiger partial charge in [0.05, 0.1) is 0 Å². The monoisotopic (exact) mass is 430 g/mol. The van der Waals surface area contributed by atoms with Gasteiger partial charge < -0.3 is 15.0 Å². The van der Waals surface area contributed by atoms with Gasteiger partial charge in [0.2, 0.25) is 5.91 Å². The zero-order valence-corrected chi connectivity index (χ0v) is 19.3. The Balaban J connectivity index is 2.18. The molecule has 2 amide bonds. The van der Waals surface area contributed by atoms with Gasteiger partial charge >= 0.3 is 0 Å². The molecule has 0 saturated carbocycles. The van der Waals surface area contributed by atoms with E-state index in [4.69, 9.17) is 16.3 Å². The molecule has 0 aliphatic rings. The average molecular weight is 431 g/mol. The molecule has 162 valence electrons. The highest BCUT2D eigenvalue weighted by atomic mass is 35.5. The second kappa shape index (κ2) is 9.98. The molecule has 0 unspecified atom stereocenters. The predicted molar refractivity (Wildman–Crippen MR) is 121 cm³/mol. The van der Waals surface area contributed by atoms with Crippen LogP contribution < -0.4 is 10.1 Å². The van der Waals surface area contributed by atoms with Crippen molar-refractivity contribution >= 4 is 23.4 Å². The van der Waals surface area contributed by atoms with Crippen LogP contribution in [0.1, 0.15) is 44.4 Å². The van der Waals surface area contributed by atoms with Gasteiger partial charge in [-0.05, 0) is 70.9 Å². The minimum atomic E-state index is -0.646. The first-order valence-corrected chi connectivity index (χ1v) is 10.4. The standard InChI is InChI=1S/C24H31ClN2O3/c1-16-8-7-9-19(12-16)14-27(18(3)23(29)26-24(4,5)6)22(28)15-30-20-10-11-21(25)17(2)13-20/h7-13,18H,14-15H2,1-6H3,(H,26,29)/t18-/m0/s1. The molecule has 0 aliphatic heterocycles. The van der Waals surface area contributed by atoms with Gasteiger partial charge in [-0.2, -0.15) is 0 Å². The normalized spacial score (nSPS) is 12.2. The summed E-state index contributed by atoms with van der Waals surface area (Å²) in [6.07, 6.45) is 0. The molecule has 5 nitrogen and oxygen atoms in total. The summed E-state index contributed by atoms with van der Waals surface area (Å²) in [7, 11) is 0. The summed E-state index contributed by atoms with van der Waals surface area (Å²) in [6.45, 7) is 11.5. The third-order valence-corrected chi connectivity index (χ3v) is 5.02. The van der Waals surface area contributed by atoms with Crippen LogP contribution in [0.5, 0.6) is 5.75 Å². The molecule has 2 aromatic rings. The minimum absolute atomic E-state index is 0.167. The average Bonchev–Trinajstić information content (AvgIpc) is 2.65. The maximum atomic E-state index is 13.1. The highest BCUT2D eigenvalue weighted by Crippen LogP contribution is 2.21. The van der Waals surface area contributed by atoms with Crippen LogP contribution in [0.4, 0.5) is 0 Å². The maximum Gasteiger partial charge on any atom is 0.261 e. The van der Waals surface area contributed by atoms with Gasteiger partial charge in [0.15, 0.2) is 6.61 Å². The van der Waals surface area contributed by atoms with Crippen molar-refractivity contribution in [1.29, 1.82) is 0 Å². The first kappa shape index (κ1) is 23.7. The van der Waals surface area contributed by atoms with Gasteiger partial charge in [-0.1, -0.05) is 41.4 Å². The topological polar surface area (TPSA) is 58.6 Å². The number of amides is 2. The van der Waals surface area contributed by atoms with E-state index in [1.54, 1.807) is 30.0 Å². The van der Waals surface area contributed by atoms with Crippen molar-refractivity contribution in [1.82, 2.24) is 10.2 Å². The van der Waals surface area contributed by atoms with Crippen LogP contribution in [0.15, 0.2) is 42.5 Å². The molecule has 1 N–H and O–H groups in total. The van der Waals surface area contributed by atoms with Crippen molar-refractivity contribution in [2.24, 2.45) is 0 Å². The summed E-state index contributed by atoms with van der Waals surface area (Å²) in [6, 6.07) is 12.5. The molecular weight excluding hydrogens is 400 g/mol. The number of aryl methyl sites for hydroxylation is 2. The summed E-state index contributed by atoms with van der Waals surface area (Å²) in [5, 5.41) is 3.59. The number of halogens is 1. The zero-order chi connectivity index (χ0) is 22.5. The van der Waals surface area contributed by atoms with Crippen molar-refractivity contribution in [2.45, 2.75) is 59.7 Å². The van der Waals surface area contributed by atoms with Gasteiger partial charge in [0, 0.05) is 17.1 Å². The third-order valence-electron chi connectivity index (χ3n) is 4.59. The summed E-state index contributed by atoms with van der Waals surface area (Å²) < 4.78 is 5.70. The molecule has 0 bridgehead atoms. The fourth-order valence-electron chi connectivity index (χ4n) is 3.00. The highest BCUT2D eigenvalue weighted by molar-refractivity contribution is 6.31. The number of hydrogen-bond donors (Lipinski definition) is 1. The Labute approximate surface area is 184 Å². The summed E-state index contributed by atoms with van der Waals surface area (Å²) in [5.74, 6) is 0.0964. The molecule has 0 radical (unpaired) electrons. The molecule has 0 aromatic heterocycles.